The van der Waals surface area contributed by atoms with Crippen LogP contribution in [0.15, 0.2) is 24.3 Å². The molecule has 2 amide bonds. The van der Waals surface area contributed by atoms with E-state index in [0.717, 1.165) is 38.8 Å². The fourth-order valence-electron chi connectivity index (χ4n) is 3.23. The first kappa shape index (κ1) is 16.0. The second-order valence-electron chi connectivity index (χ2n) is 6.56. The quantitative estimate of drug-likeness (QED) is 0.868. The van der Waals surface area contributed by atoms with E-state index in [2.05, 4.69) is 5.32 Å². The van der Waals surface area contributed by atoms with E-state index in [1.807, 2.05) is 4.90 Å². The third kappa shape index (κ3) is 3.38. The third-order valence-electron chi connectivity index (χ3n) is 4.88. The molecule has 1 aromatic carbocycles. The van der Waals surface area contributed by atoms with E-state index in [4.69, 9.17) is 0 Å². The van der Waals surface area contributed by atoms with Gasteiger partial charge in [-0.3, -0.25) is 9.59 Å². The van der Waals surface area contributed by atoms with E-state index >= 15 is 0 Å². The summed E-state index contributed by atoms with van der Waals surface area (Å²) in [4.78, 5) is 27.1. The second kappa shape index (κ2) is 6.69. The number of amides is 2. The minimum absolute atomic E-state index is 0.0366. The maximum absolute atomic E-state index is 13.6. The topological polar surface area (TPSA) is 49.4 Å². The lowest BCUT2D eigenvalue weighted by Crippen LogP contribution is -2.45. The van der Waals surface area contributed by atoms with Crippen LogP contribution in [0.1, 0.15) is 44.1 Å². The molecule has 1 saturated carbocycles. The van der Waals surface area contributed by atoms with Crippen molar-refractivity contribution in [2.75, 3.05) is 13.1 Å². The summed E-state index contributed by atoms with van der Waals surface area (Å²) in [6.45, 7) is 1.63. The molecule has 0 radical (unpaired) electrons. The summed E-state index contributed by atoms with van der Waals surface area (Å²) in [5.74, 6) is -0.628. The predicted octanol–water partition coefficient (Wildman–Crippen LogP) is 2.62. The Hall–Kier alpha value is -1.91. The van der Waals surface area contributed by atoms with E-state index < -0.39 is 5.41 Å². The fourth-order valence-corrected chi connectivity index (χ4v) is 3.23. The van der Waals surface area contributed by atoms with Gasteiger partial charge < -0.3 is 10.2 Å². The summed E-state index contributed by atoms with van der Waals surface area (Å²) in [6, 6.07) is 6.37. The minimum atomic E-state index is -0.893. The predicted molar refractivity (Wildman–Crippen MR) is 85.0 cm³/mol. The van der Waals surface area contributed by atoms with E-state index in [1.165, 1.54) is 6.07 Å². The molecule has 2 fully saturated rings. The summed E-state index contributed by atoms with van der Waals surface area (Å²) in [6.07, 6.45) is 5.53. The molecule has 1 saturated heterocycles. The van der Waals surface area contributed by atoms with Crippen molar-refractivity contribution >= 4 is 11.8 Å². The Labute approximate surface area is 136 Å². The molecule has 3 rings (SSSR count). The molecule has 1 heterocycles. The van der Waals surface area contributed by atoms with Gasteiger partial charge in [-0.05, 0) is 31.7 Å². The monoisotopic (exact) mass is 318 g/mol. The lowest BCUT2D eigenvalue weighted by atomic mass is 10.0. The Morgan fingerprint density at radius 2 is 1.74 bits per heavy atom. The number of nitrogens with zero attached hydrogens (tertiary/aromatic N) is 1. The van der Waals surface area contributed by atoms with Gasteiger partial charge in [0, 0.05) is 25.2 Å². The number of benzene rings is 1. The Morgan fingerprint density at radius 1 is 1.09 bits per heavy atom. The van der Waals surface area contributed by atoms with E-state index in [1.54, 1.807) is 18.2 Å². The highest BCUT2D eigenvalue weighted by Gasteiger charge is 2.57. The normalized spacial score (nSPS) is 19.8. The first-order valence-electron chi connectivity index (χ1n) is 8.44. The molecule has 0 aromatic heterocycles. The van der Waals surface area contributed by atoms with Crippen LogP contribution in [0.4, 0.5) is 4.39 Å². The molecule has 23 heavy (non-hydrogen) atoms. The molecule has 124 valence electrons. The maximum atomic E-state index is 13.6. The van der Waals surface area contributed by atoms with Gasteiger partial charge in [-0.2, -0.15) is 0 Å². The van der Waals surface area contributed by atoms with Crippen LogP contribution in [0.25, 0.3) is 0 Å². The SMILES string of the molecule is O=C(NCc1ccccc1F)C1(C(=O)N2CCCCCC2)CC1. The van der Waals surface area contributed by atoms with Crippen LogP contribution >= 0.6 is 0 Å². The van der Waals surface area contributed by atoms with Gasteiger partial charge in [0.15, 0.2) is 0 Å². The van der Waals surface area contributed by atoms with Crippen molar-refractivity contribution in [3.05, 3.63) is 35.6 Å². The van der Waals surface area contributed by atoms with Gasteiger partial charge in [0.05, 0.1) is 0 Å². The third-order valence-corrected chi connectivity index (χ3v) is 4.88. The summed E-state index contributed by atoms with van der Waals surface area (Å²) < 4.78 is 13.6. The molecular weight excluding hydrogens is 295 g/mol. The number of carbonyl (C=O) groups is 2. The lowest BCUT2D eigenvalue weighted by molar-refractivity contribution is -0.144. The summed E-state index contributed by atoms with van der Waals surface area (Å²) in [5.41, 5.74) is -0.450. The first-order chi connectivity index (χ1) is 11.1. The Balaban J connectivity index is 1.62. The van der Waals surface area contributed by atoms with Crippen molar-refractivity contribution in [2.45, 2.75) is 45.1 Å². The van der Waals surface area contributed by atoms with Crippen molar-refractivity contribution in [3.8, 4) is 0 Å². The zero-order valence-corrected chi connectivity index (χ0v) is 13.3. The van der Waals surface area contributed by atoms with Gasteiger partial charge in [-0.25, -0.2) is 4.39 Å². The standard InChI is InChI=1S/C18H23FN2O2/c19-15-8-4-3-7-14(15)13-20-16(22)18(9-10-18)17(23)21-11-5-1-2-6-12-21/h3-4,7-8H,1-2,5-6,9-13H2,(H,20,22). The molecular formula is C18H23FN2O2. The summed E-state index contributed by atoms with van der Waals surface area (Å²) in [7, 11) is 0. The van der Waals surface area contributed by atoms with Crippen LogP contribution in [-0.4, -0.2) is 29.8 Å². The van der Waals surface area contributed by atoms with Crippen LogP contribution in [0, 0.1) is 11.2 Å². The van der Waals surface area contributed by atoms with Crippen molar-refractivity contribution in [3.63, 3.8) is 0 Å². The van der Waals surface area contributed by atoms with E-state index in [0.29, 0.717) is 18.4 Å². The Bertz CT molecular complexity index is 590. The van der Waals surface area contributed by atoms with Crippen LogP contribution < -0.4 is 5.32 Å². The first-order valence-corrected chi connectivity index (χ1v) is 8.44. The molecule has 1 aliphatic carbocycles. The largest absolute Gasteiger partial charge is 0.351 e. The van der Waals surface area contributed by atoms with Crippen molar-refractivity contribution in [1.29, 1.82) is 0 Å². The Morgan fingerprint density at radius 3 is 2.35 bits per heavy atom. The molecule has 1 N–H and O–H groups in total. The molecule has 0 spiro atoms. The fraction of sp³-hybridized carbons (Fsp3) is 0.556. The number of hydrogen-bond donors (Lipinski definition) is 1. The molecule has 2 aliphatic rings. The van der Waals surface area contributed by atoms with Gasteiger partial charge in [0.2, 0.25) is 11.8 Å². The number of rotatable bonds is 4. The average molecular weight is 318 g/mol. The van der Waals surface area contributed by atoms with Crippen LogP contribution in [-0.2, 0) is 16.1 Å². The van der Waals surface area contributed by atoms with Crippen molar-refractivity contribution in [1.82, 2.24) is 10.2 Å². The van der Waals surface area contributed by atoms with E-state index in [-0.39, 0.29) is 24.2 Å². The smallest absolute Gasteiger partial charge is 0.238 e. The number of halogens is 1. The Kier molecular flexibility index (Phi) is 4.64. The van der Waals surface area contributed by atoms with Gasteiger partial charge in [-0.1, -0.05) is 31.0 Å². The molecule has 4 nitrogen and oxygen atoms in total. The molecule has 1 aliphatic heterocycles. The maximum Gasteiger partial charge on any atom is 0.238 e. The molecule has 0 atom stereocenters. The summed E-state index contributed by atoms with van der Waals surface area (Å²) in [5, 5.41) is 2.75. The summed E-state index contributed by atoms with van der Waals surface area (Å²) >= 11 is 0. The van der Waals surface area contributed by atoms with Gasteiger partial charge in [0.25, 0.3) is 0 Å². The van der Waals surface area contributed by atoms with Crippen LogP contribution in [0.2, 0.25) is 0 Å². The highest BCUT2D eigenvalue weighted by Crippen LogP contribution is 2.47. The minimum Gasteiger partial charge on any atom is -0.351 e. The lowest BCUT2D eigenvalue weighted by Gasteiger charge is -2.25. The van der Waals surface area contributed by atoms with Crippen molar-refractivity contribution < 1.29 is 14.0 Å². The molecule has 0 bridgehead atoms. The van der Waals surface area contributed by atoms with Crippen LogP contribution in [0.5, 0.6) is 0 Å². The zero-order valence-electron chi connectivity index (χ0n) is 13.3. The van der Waals surface area contributed by atoms with Crippen LogP contribution in [0.3, 0.4) is 0 Å². The molecule has 1 aromatic rings. The number of likely N-dealkylation sites (tertiary alicyclic amines) is 1. The van der Waals surface area contributed by atoms with Gasteiger partial charge in [-0.15, -0.1) is 0 Å². The van der Waals surface area contributed by atoms with Gasteiger partial charge >= 0.3 is 0 Å². The highest BCUT2D eigenvalue weighted by atomic mass is 19.1. The second-order valence-corrected chi connectivity index (χ2v) is 6.56. The van der Waals surface area contributed by atoms with Crippen molar-refractivity contribution in [2.24, 2.45) is 5.41 Å². The molecule has 0 unspecified atom stereocenters. The van der Waals surface area contributed by atoms with Gasteiger partial charge in [0.1, 0.15) is 11.2 Å². The van der Waals surface area contributed by atoms with E-state index in [9.17, 15) is 14.0 Å². The number of carbonyl (C=O) groups excluding carboxylic acids is 2. The number of hydrogen-bond acceptors (Lipinski definition) is 2. The highest BCUT2D eigenvalue weighted by molar-refractivity contribution is 6.07. The zero-order chi connectivity index (χ0) is 16.3. The number of nitrogens with one attached hydrogen (secondary N) is 1. The average Bonchev–Trinajstić information content (AvgIpc) is 3.38. The molecule has 5 heteroatoms.